The lowest BCUT2D eigenvalue weighted by atomic mass is 10.1. The van der Waals surface area contributed by atoms with Crippen molar-refractivity contribution in [3.63, 3.8) is 0 Å². The number of hydrogen-bond donors (Lipinski definition) is 1. The van der Waals surface area contributed by atoms with Gasteiger partial charge in [0.2, 0.25) is 0 Å². The van der Waals surface area contributed by atoms with Crippen LogP contribution in [0.5, 0.6) is 0 Å². The minimum atomic E-state index is -0.302. The Morgan fingerprint density at radius 3 is 2.94 bits per heavy atom. The van der Waals surface area contributed by atoms with Gasteiger partial charge in [-0.2, -0.15) is 0 Å². The molecule has 2 rings (SSSR count). The van der Waals surface area contributed by atoms with Crippen LogP contribution in [-0.2, 0) is 6.42 Å². The molecule has 0 aromatic heterocycles. The van der Waals surface area contributed by atoms with Crippen molar-refractivity contribution < 1.29 is 4.92 Å². The van der Waals surface area contributed by atoms with Gasteiger partial charge in [0, 0.05) is 43.0 Å². The zero-order valence-electron chi connectivity index (χ0n) is 10.8. The first-order valence-corrected chi connectivity index (χ1v) is 6.38. The largest absolute Gasteiger partial charge is 0.366 e. The van der Waals surface area contributed by atoms with Gasteiger partial charge in [0.25, 0.3) is 5.69 Å². The van der Waals surface area contributed by atoms with E-state index in [0.717, 1.165) is 30.9 Å². The molecule has 5 nitrogen and oxygen atoms in total. The van der Waals surface area contributed by atoms with E-state index in [-0.39, 0.29) is 10.6 Å². The molecule has 1 aliphatic rings. The summed E-state index contributed by atoms with van der Waals surface area (Å²) in [6, 6.07) is 5.87. The minimum absolute atomic E-state index is 0.226. The van der Waals surface area contributed by atoms with Crippen LogP contribution in [0.25, 0.3) is 0 Å². The molecule has 1 atom stereocenters. The Balaban J connectivity index is 2.31. The van der Waals surface area contributed by atoms with Crippen LogP contribution >= 0.6 is 0 Å². The van der Waals surface area contributed by atoms with Crippen molar-refractivity contribution in [2.24, 2.45) is 0 Å². The number of hydrogen-bond acceptors (Lipinski definition) is 4. The second kappa shape index (κ2) is 5.35. The fourth-order valence-corrected chi connectivity index (χ4v) is 2.44. The Labute approximate surface area is 107 Å². The molecule has 1 aromatic carbocycles. The van der Waals surface area contributed by atoms with Gasteiger partial charge >= 0.3 is 0 Å². The molecule has 0 radical (unpaired) electrons. The van der Waals surface area contributed by atoms with Crippen LogP contribution in [-0.4, -0.2) is 30.6 Å². The van der Waals surface area contributed by atoms with Crippen molar-refractivity contribution in [1.82, 2.24) is 5.32 Å². The SMILES string of the molecule is CCc1cc(N2CCNCC2C)ccc1[N+](=O)[O-]. The standard InChI is InChI=1S/C13H19N3O2/c1-3-11-8-12(4-5-13(11)16(17)18)15-7-6-14-9-10(15)2/h4-5,8,10,14H,3,6-7,9H2,1-2H3. The number of nitro benzene ring substituents is 1. The van der Waals surface area contributed by atoms with Crippen LogP contribution in [0.4, 0.5) is 11.4 Å². The van der Waals surface area contributed by atoms with Gasteiger partial charge in [-0.1, -0.05) is 6.92 Å². The minimum Gasteiger partial charge on any atom is -0.366 e. The zero-order valence-corrected chi connectivity index (χ0v) is 10.8. The second-order valence-corrected chi connectivity index (χ2v) is 4.67. The van der Waals surface area contributed by atoms with E-state index < -0.39 is 0 Å². The first-order valence-electron chi connectivity index (χ1n) is 6.38. The van der Waals surface area contributed by atoms with E-state index in [9.17, 15) is 10.1 Å². The third-order valence-corrected chi connectivity index (χ3v) is 3.47. The number of nitro groups is 1. The lowest BCUT2D eigenvalue weighted by Gasteiger charge is -2.36. The molecule has 0 saturated carbocycles. The lowest BCUT2D eigenvalue weighted by molar-refractivity contribution is -0.385. The molecule has 0 amide bonds. The number of piperazine rings is 1. The van der Waals surface area contributed by atoms with E-state index in [1.54, 1.807) is 6.07 Å². The monoisotopic (exact) mass is 249 g/mol. The summed E-state index contributed by atoms with van der Waals surface area (Å²) in [6.07, 6.45) is 0.685. The average Bonchev–Trinajstić information content (AvgIpc) is 2.38. The van der Waals surface area contributed by atoms with Crippen molar-refractivity contribution in [3.05, 3.63) is 33.9 Å². The fourth-order valence-electron chi connectivity index (χ4n) is 2.44. The van der Waals surface area contributed by atoms with E-state index in [4.69, 9.17) is 0 Å². The van der Waals surface area contributed by atoms with Gasteiger partial charge in [-0.15, -0.1) is 0 Å². The van der Waals surface area contributed by atoms with Gasteiger partial charge < -0.3 is 10.2 Å². The molecule has 0 aliphatic carbocycles. The summed E-state index contributed by atoms with van der Waals surface area (Å²) in [5.74, 6) is 0. The van der Waals surface area contributed by atoms with Gasteiger partial charge in [0.15, 0.2) is 0 Å². The van der Waals surface area contributed by atoms with Crippen molar-refractivity contribution in [1.29, 1.82) is 0 Å². The lowest BCUT2D eigenvalue weighted by Crippen LogP contribution is -2.49. The van der Waals surface area contributed by atoms with Crippen LogP contribution in [0.3, 0.4) is 0 Å². The highest BCUT2D eigenvalue weighted by Crippen LogP contribution is 2.26. The molecule has 1 heterocycles. The number of nitrogens with zero attached hydrogens (tertiary/aromatic N) is 2. The maximum Gasteiger partial charge on any atom is 0.272 e. The molecule has 0 bridgehead atoms. The van der Waals surface area contributed by atoms with Crippen LogP contribution < -0.4 is 10.2 Å². The van der Waals surface area contributed by atoms with Crippen LogP contribution in [0.1, 0.15) is 19.4 Å². The van der Waals surface area contributed by atoms with Gasteiger partial charge in [-0.3, -0.25) is 10.1 Å². The molecular formula is C13H19N3O2. The Morgan fingerprint density at radius 2 is 2.33 bits per heavy atom. The molecule has 1 unspecified atom stereocenters. The molecule has 1 aliphatic heterocycles. The van der Waals surface area contributed by atoms with Gasteiger partial charge in [0.1, 0.15) is 0 Å². The predicted molar refractivity (Wildman–Crippen MR) is 72.2 cm³/mol. The fraction of sp³-hybridized carbons (Fsp3) is 0.538. The van der Waals surface area contributed by atoms with Gasteiger partial charge in [-0.05, 0) is 25.5 Å². The normalized spacial score (nSPS) is 19.9. The summed E-state index contributed by atoms with van der Waals surface area (Å²) in [4.78, 5) is 12.9. The number of benzene rings is 1. The maximum absolute atomic E-state index is 10.9. The average molecular weight is 249 g/mol. The number of nitrogens with one attached hydrogen (secondary N) is 1. The predicted octanol–water partition coefficient (Wildman–Crippen LogP) is 1.96. The topological polar surface area (TPSA) is 58.4 Å². The van der Waals surface area contributed by atoms with Crippen molar-refractivity contribution in [2.75, 3.05) is 24.5 Å². The first-order chi connectivity index (χ1) is 8.63. The van der Waals surface area contributed by atoms with Gasteiger partial charge in [-0.25, -0.2) is 0 Å². The molecular weight excluding hydrogens is 230 g/mol. The van der Waals surface area contributed by atoms with Crippen LogP contribution in [0.15, 0.2) is 18.2 Å². The number of rotatable bonds is 3. The van der Waals surface area contributed by atoms with E-state index in [1.165, 1.54) is 0 Å². The Morgan fingerprint density at radius 1 is 1.56 bits per heavy atom. The van der Waals surface area contributed by atoms with E-state index in [2.05, 4.69) is 17.1 Å². The highest BCUT2D eigenvalue weighted by atomic mass is 16.6. The highest BCUT2D eigenvalue weighted by Gasteiger charge is 2.20. The zero-order chi connectivity index (χ0) is 13.1. The smallest absolute Gasteiger partial charge is 0.272 e. The summed E-state index contributed by atoms with van der Waals surface area (Å²) in [7, 11) is 0. The third kappa shape index (κ3) is 2.46. The second-order valence-electron chi connectivity index (χ2n) is 4.67. The Hall–Kier alpha value is -1.62. The van der Waals surface area contributed by atoms with E-state index in [1.807, 2.05) is 19.1 Å². The van der Waals surface area contributed by atoms with Crippen molar-refractivity contribution in [3.8, 4) is 0 Å². The molecule has 98 valence electrons. The van der Waals surface area contributed by atoms with Crippen LogP contribution in [0.2, 0.25) is 0 Å². The van der Waals surface area contributed by atoms with Crippen molar-refractivity contribution >= 4 is 11.4 Å². The summed E-state index contributed by atoms with van der Waals surface area (Å²) in [5.41, 5.74) is 2.12. The molecule has 5 heteroatoms. The molecule has 0 spiro atoms. The molecule has 18 heavy (non-hydrogen) atoms. The maximum atomic E-state index is 10.9. The Bertz CT molecular complexity index is 448. The molecule has 1 fully saturated rings. The number of anilines is 1. The van der Waals surface area contributed by atoms with Crippen molar-refractivity contribution in [2.45, 2.75) is 26.3 Å². The van der Waals surface area contributed by atoms with Crippen LogP contribution in [0, 0.1) is 10.1 Å². The third-order valence-electron chi connectivity index (χ3n) is 3.47. The summed E-state index contributed by atoms with van der Waals surface area (Å²) >= 11 is 0. The Kier molecular flexibility index (Phi) is 3.81. The molecule has 1 N–H and O–H groups in total. The quantitative estimate of drug-likeness (QED) is 0.657. The van der Waals surface area contributed by atoms with E-state index in [0.29, 0.717) is 12.5 Å². The summed E-state index contributed by atoms with van der Waals surface area (Å²) < 4.78 is 0. The number of aryl methyl sites for hydroxylation is 1. The molecule has 1 aromatic rings. The summed E-state index contributed by atoms with van der Waals surface area (Å²) in [5, 5.41) is 14.3. The highest BCUT2D eigenvalue weighted by molar-refractivity contribution is 5.56. The van der Waals surface area contributed by atoms with E-state index >= 15 is 0 Å². The summed E-state index contributed by atoms with van der Waals surface area (Å²) in [6.45, 7) is 6.98. The molecule has 1 saturated heterocycles. The first kappa shape index (κ1) is 12.8. The van der Waals surface area contributed by atoms with Gasteiger partial charge in [0.05, 0.1) is 4.92 Å².